The van der Waals surface area contributed by atoms with Gasteiger partial charge in [0.2, 0.25) is 11.8 Å². The van der Waals surface area contributed by atoms with Crippen molar-refractivity contribution in [3.05, 3.63) is 0 Å². The second-order valence-corrected chi connectivity index (χ2v) is 5.78. The Kier molecular flexibility index (Phi) is 3.90. The Hall–Kier alpha value is -1.10. The van der Waals surface area contributed by atoms with Crippen LogP contribution in [-0.4, -0.2) is 48.9 Å². The molecule has 5 heteroatoms. The van der Waals surface area contributed by atoms with Crippen LogP contribution in [0.4, 0.5) is 0 Å². The maximum Gasteiger partial charge on any atom is 0.229 e. The predicted octanol–water partition coefficient (Wildman–Crippen LogP) is 0.113. The molecule has 18 heavy (non-hydrogen) atoms. The van der Waals surface area contributed by atoms with Crippen molar-refractivity contribution in [3.63, 3.8) is 0 Å². The van der Waals surface area contributed by atoms with Crippen LogP contribution in [0.2, 0.25) is 0 Å². The molecule has 2 saturated heterocycles. The lowest BCUT2D eigenvalue weighted by atomic mass is 9.81. The Bertz CT molecular complexity index is 337. The number of carbonyl (C=O) groups excluding carboxylic acids is 2. The number of hydrogen-bond acceptors (Lipinski definition) is 3. The molecule has 0 aromatic carbocycles. The number of rotatable bonds is 2. The van der Waals surface area contributed by atoms with Crippen LogP contribution in [0.25, 0.3) is 0 Å². The first-order valence-corrected chi connectivity index (χ1v) is 6.78. The summed E-state index contributed by atoms with van der Waals surface area (Å²) in [6, 6.07) is 0.131. The molecule has 0 aromatic rings. The van der Waals surface area contributed by atoms with E-state index in [1.165, 1.54) is 6.92 Å². The topological polar surface area (TPSA) is 61.4 Å². The van der Waals surface area contributed by atoms with E-state index in [2.05, 4.69) is 10.6 Å². The van der Waals surface area contributed by atoms with E-state index in [4.69, 9.17) is 0 Å². The second kappa shape index (κ2) is 5.26. The van der Waals surface area contributed by atoms with Crippen molar-refractivity contribution >= 4 is 11.8 Å². The summed E-state index contributed by atoms with van der Waals surface area (Å²) in [7, 11) is 0. The molecule has 0 spiro atoms. The fourth-order valence-electron chi connectivity index (χ4n) is 2.97. The van der Waals surface area contributed by atoms with E-state index in [1.807, 2.05) is 11.8 Å². The number of piperidine rings is 1. The lowest BCUT2D eigenvalue weighted by molar-refractivity contribution is -0.141. The van der Waals surface area contributed by atoms with Gasteiger partial charge in [-0.05, 0) is 32.7 Å². The normalized spacial score (nSPS) is 32.3. The van der Waals surface area contributed by atoms with Gasteiger partial charge in [0, 0.05) is 32.6 Å². The van der Waals surface area contributed by atoms with E-state index >= 15 is 0 Å². The largest absolute Gasteiger partial charge is 0.352 e. The van der Waals surface area contributed by atoms with Crippen molar-refractivity contribution in [1.82, 2.24) is 15.5 Å². The highest BCUT2D eigenvalue weighted by atomic mass is 16.2. The quantitative estimate of drug-likeness (QED) is 0.734. The van der Waals surface area contributed by atoms with Gasteiger partial charge in [-0.3, -0.25) is 9.59 Å². The van der Waals surface area contributed by atoms with Crippen LogP contribution in [0.1, 0.15) is 33.1 Å². The molecule has 2 amide bonds. The van der Waals surface area contributed by atoms with Gasteiger partial charge in [0.1, 0.15) is 0 Å². The molecule has 2 unspecified atom stereocenters. The van der Waals surface area contributed by atoms with Crippen molar-refractivity contribution in [1.29, 1.82) is 0 Å². The fourth-order valence-corrected chi connectivity index (χ4v) is 2.97. The Morgan fingerprint density at radius 1 is 1.44 bits per heavy atom. The third kappa shape index (κ3) is 2.83. The molecule has 2 rings (SSSR count). The van der Waals surface area contributed by atoms with E-state index < -0.39 is 0 Å². The lowest BCUT2D eigenvalue weighted by Crippen LogP contribution is -2.50. The average Bonchev–Trinajstić information content (AvgIpc) is 2.76. The first-order chi connectivity index (χ1) is 8.51. The minimum Gasteiger partial charge on any atom is -0.352 e. The highest BCUT2D eigenvalue weighted by Gasteiger charge is 2.40. The summed E-state index contributed by atoms with van der Waals surface area (Å²) in [6.07, 6.45) is 2.89. The highest BCUT2D eigenvalue weighted by molar-refractivity contribution is 5.83. The summed E-state index contributed by atoms with van der Waals surface area (Å²) in [5, 5.41) is 6.20. The minimum absolute atomic E-state index is 0.0140. The van der Waals surface area contributed by atoms with Crippen LogP contribution in [0, 0.1) is 5.41 Å². The van der Waals surface area contributed by atoms with Crippen LogP contribution in [0.15, 0.2) is 0 Å². The van der Waals surface area contributed by atoms with Crippen LogP contribution in [0.3, 0.4) is 0 Å². The summed E-state index contributed by atoms with van der Waals surface area (Å²) >= 11 is 0. The number of nitrogens with zero attached hydrogens (tertiary/aromatic N) is 1. The molecule has 2 N–H and O–H groups in total. The van der Waals surface area contributed by atoms with Gasteiger partial charge in [0.25, 0.3) is 0 Å². The van der Waals surface area contributed by atoms with Crippen molar-refractivity contribution in [2.45, 2.75) is 39.2 Å². The molecule has 102 valence electrons. The van der Waals surface area contributed by atoms with Crippen molar-refractivity contribution in [2.75, 3.05) is 26.2 Å². The molecule has 2 fully saturated rings. The maximum atomic E-state index is 12.5. The van der Waals surface area contributed by atoms with Crippen LogP contribution < -0.4 is 10.6 Å². The lowest BCUT2D eigenvalue weighted by Gasteiger charge is -2.36. The zero-order chi connectivity index (χ0) is 13.2. The van der Waals surface area contributed by atoms with E-state index in [0.717, 1.165) is 38.9 Å². The molecule has 0 radical (unpaired) electrons. The Labute approximate surface area is 108 Å². The summed E-state index contributed by atoms with van der Waals surface area (Å²) in [6.45, 7) is 6.78. The summed E-state index contributed by atoms with van der Waals surface area (Å²) in [5.74, 6) is 0.224. The molecule has 0 saturated carbocycles. The zero-order valence-electron chi connectivity index (χ0n) is 11.3. The van der Waals surface area contributed by atoms with E-state index in [0.29, 0.717) is 6.54 Å². The number of likely N-dealkylation sites (tertiary alicyclic amines) is 1. The SMILES string of the molecule is CC(=O)NC1CCN(C(=O)C2(C)CCCNC2)C1. The molecule has 0 bridgehead atoms. The Morgan fingerprint density at radius 2 is 2.22 bits per heavy atom. The maximum absolute atomic E-state index is 12.5. The standard InChI is InChI=1S/C13H23N3O2/c1-10(17)15-11-4-7-16(8-11)12(18)13(2)5-3-6-14-9-13/h11,14H,3-9H2,1-2H3,(H,15,17). The number of amides is 2. The van der Waals surface area contributed by atoms with Crippen LogP contribution >= 0.6 is 0 Å². The molecular formula is C13H23N3O2. The molecule has 2 aliphatic rings. The predicted molar refractivity (Wildman–Crippen MR) is 69.0 cm³/mol. The smallest absolute Gasteiger partial charge is 0.229 e. The molecular weight excluding hydrogens is 230 g/mol. The third-order valence-electron chi connectivity index (χ3n) is 4.00. The highest BCUT2D eigenvalue weighted by Crippen LogP contribution is 2.29. The summed E-state index contributed by atoms with van der Waals surface area (Å²) in [5.41, 5.74) is -0.261. The summed E-state index contributed by atoms with van der Waals surface area (Å²) in [4.78, 5) is 25.5. The summed E-state index contributed by atoms with van der Waals surface area (Å²) < 4.78 is 0. The molecule has 2 aliphatic heterocycles. The van der Waals surface area contributed by atoms with Gasteiger partial charge in [-0.2, -0.15) is 0 Å². The Morgan fingerprint density at radius 3 is 2.83 bits per heavy atom. The first-order valence-electron chi connectivity index (χ1n) is 6.78. The van der Waals surface area contributed by atoms with Crippen molar-refractivity contribution in [2.24, 2.45) is 5.41 Å². The minimum atomic E-state index is -0.261. The van der Waals surface area contributed by atoms with Crippen molar-refractivity contribution < 1.29 is 9.59 Å². The molecule has 2 heterocycles. The molecule has 0 aromatic heterocycles. The third-order valence-corrected chi connectivity index (χ3v) is 4.00. The fraction of sp³-hybridized carbons (Fsp3) is 0.846. The van der Waals surface area contributed by atoms with Crippen LogP contribution in [-0.2, 0) is 9.59 Å². The number of carbonyl (C=O) groups is 2. The van der Waals surface area contributed by atoms with Gasteiger partial charge >= 0.3 is 0 Å². The van der Waals surface area contributed by atoms with Gasteiger partial charge in [0.05, 0.1) is 5.41 Å². The van der Waals surface area contributed by atoms with E-state index in [9.17, 15) is 9.59 Å². The average molecular weight is 253 g/mol. The number of nitrogens with one attached hydrogen (secondary N) is 2. The monoisotopic (exact) mass is 253 g/mol. The van der Waals surface area contributed by atoms with Gasteiger partial charge in [0.15, 0.2) is 0 Å². The first kappa shape index (κ1) is 13.3. The van der Waals surface area contributed by atoms with Gasteiger partial charge in [-0.15, -0.1) is 0 Å². The van der Waals surface area contributed by atoms with E-state index in [1.54, 1.807) is 0 Å². The van der Waals surface area contributed by atoms with Gasteiger partial charge in [-0.25, -0.2) is 0 Å². The molecule has 5 nitrogen and oxygen atoms in total. The second-order valence-electron chi connectivity index (χ2n) is 5.78. The Balaban J connectivity index is 1.92. The molecule has 0 aliphatic carbocycles. The van der Waals surface area contributed by atoms with Gasteiger partial charge in [-0.1, -0.05) is 0 Å². The van der Waals surface area contributed by atoms with Gasteiger partial charge < -0.3 is 15.5 Å². The van der Waals surface area contributed by atoms with Crippen LogP contribution in [0.5, 0.6) is 0 Å². The molecule has 2 atom stereocenters. The van der Waals surface area contributed by atoms with E-state index in [-0.39, 0.29) is 23.3 Å². The van der Waals surface area contributed by atoms with Crippen molar-refractivity contribution in [3.8, 4) is 0 Å². The number of hydrogen-bond donors (Lipinski definition) is 2. The zero-order valence-corrected chi connectivity index (χ0v) is 11.3.